The molecule has 11 heavy (non-hydrogen) atoms. The minimum absolute atomic E-state index is 0.118. The number of ether oxygens (including phenoxy) is 1. The third-order valence-electron chi connectivity index (χ3n) is 1.24. The van der Waals surface area contributed by atoms with E-state index >= 15 is 0 Å². The highest BCUT2D eigenvalue weighted by molar-refractivity contribution is 14.1. The molecule has 0 atom stereocenters. The summed E-state index contributed by atoms with van der Waals surface area (Å²) in [7, 11) is 1.42. The minimum Gasteiger partial charge on any atom is -0.469 e. The number of methoxy groups -OCH3 is 1. The lowest BCUT2D eigenvalue weighted by atomic mass is 10.2. The van der Waals surface area contributed by atoms with Gasteiger partial charge in [-0.2, -0.15) is 0 Å². The van der Waals surface area contributed by atoms with Crippen molar-refractivity contribution in [3.05, 3.63) is 12.2 Å². The van der Waals surface area contributed by atoms with E-state index < -0.39 is 0 Å². The molecule has 0 saturated heterocycles. The smallest absolute Gasteiger partial charge is 0.305 e. The van der Waals surface area contributed by atoms with Gasteiger partial charge in [-0.3, -0.25) is 4.79 Å². The van der Waals surface area contributed by atoms with Crippen LogP contribution in [-0.4, -0.2) is 17.5 Å². The quantitative estimate of drug-likeness (QED) is 0.251. The summed E-state index contributed by atoms with van der Waals surface area (Å²) in [5.41, 5.74) is 0. The van der Waals surface area contributed by atoms with E-state index in [1.807, 2.05) is 0 Å². The van der Waals surface area contributed by atoms with E-state index in [1.165, 1.54) is 7.11 Å². The Balaban J connectivity index is 3.14. The van der Waals surface area contributed by atoms with Gasteiger partial charge in [0.15, 0.2) is 0 Å². The maximum absolute atomic E-state index is 10.6. The number of unbranched alkanes of at least 4 members (excludes halogenated alkanes) is 1. The summed E-state index contributed by atoms with van der Waals surface area (Å²) in [6.07, 6.45) is 6.58. The zero-order valence-electron chi connectivity index (χ0n) is 6.68. The standard InChI is InChI=1S/C8H13IO2/c1-11-8(10)6-4-2-3-5-7-9/h3,5H,2,4,6-7H2,1H3. The number of carbonyl (C=O) groups is 1. The molecule has 0 rings (SSSR count). The van der Waals surface area contributed by atoms with Crippen LogP contribution >= 0.6 is 22.6 Å². The van der Waals surface area contributed by atoms with Crippen LogP contribution in [0.2, 0.25) is 0 Å². The van der Waals surface area contributed by atoms with E-state index in [0.29, 0.717) is 6.42 Å². The van der Waals surface area contributed by atoms with Crippen molar-refractivity contribution in [3.8, 4) is 0 Å². The Morgan fingerprint density at radius 1 is 1.55 bits per heavy atom. The number of allylic oxidation sites excluding steroid dienone is 2. The molecule has 0 saturated carbocycles. The van der Waals surface area contributed by atoms with Crippen LogP contribution in [0.15, 0.2) is 12.2 Å². The predicted octanol–water partition coefficient (Wildman–Crippen LogP) is 2.32. The summed E-state index contributed by atoms with van der Waals surface area (Å²) >= 11 is 2.28. The summed E-state index contributed by atoms with van der Waals surface area (Å²) in [6.45, 7) is 0. The van der Waals surface area contributed by atoms with Gasteiger partial charge in [0.05, 0.1) is 7.11 Å². The first-order valence-corrected chi connectivity index (χ1v) is 5.11. The number of hydrogen-bond acceptors (Lipinski definition) is 2. The van der Waals surface area contributed by atoms with E-state index in [2.05, 4.69) is 39.5 Å². The van der Waals surface area contributed by atoms with Crippen LogP contribution in [0.25, 0.3) is 0 Å². The number of alkyl halides is 1. The lowest BCUT2D eigenvalue weighted by Crippen LogP contribution is -1.98. The van der Waals surface area contributed by atoms with Crippen molar-refractivity contribution < 1.29 is 9.53 Å². The van der Waals surface area contributed by atoms with E-state index in [9.17, 15) is 4.79 Å². The summed E-state index contributed by atoms with van der Waals surface area (Å²) < 4.78 is 5.53. The predicted molar refractivity (Wildman–Crippen MR) is 53.9 cm³/mol. The molecule has 0 heterocycles. The molecule has 0 aliphatic carbocycles. The molecule has 0 spiro atoms. The summed E-state index contributed by atoms with van der Waals surface area (Å²) in [5.74, 6) is -0.118. The lowest BCUT2D eigenvalue weighted by Gasteiger charge is -1.94. The molecule has 0 unspecified atom stereocenters. The molecule has 0 aromatic heterocycles. The van der Waals surface area contributed by atoms with Gasteiger partial charge in [0.1, 0.15) is 0 Å². The topological polar surface area (TPSA) is 26.3 Å². The average Bonchev–Trinajstić information content (AvgIpc) is 2.04. The largest absolute Gasteiger partial charge is 0.469 e. The van der Waals surface area contributed by atoms with E-state index in [0.717, 1.165) is 17.3 Å². The highest BCUT2D eigenvalue weighted by Gasteiger charge is 1.96. The fraction of sp³-hybridized carbons (Fsp3) is 0.625. The van der Waals surface area contributed by atoms with Gasteiger partial charge in [-0.15, -0.1) is 0 Å². The van der Waals surface area contributed by atoms with Crippen LogP contribution in [0.3, 0.4) is 0 Å². The number of hydrogen-bond donors (Lipinski definition) is 0. The lowest BCUT2D eigenvalue weighted by molar-refractivity contribution is -0.140. The average molecular weight is 268 g/mol. The summed E-state index contributed by atoms with van der Waals surface area (Å²) in [5, 5.41) is 0. The second-order valence-electron chi connectivity index (χ2n) is 2.09. The Morgan fingerprint density at radius 3 is 2.82 bits per heavy atom. The fourth-order valence-electron chi connectivity index (χ4n) is 0.647. The highest BCUT2D eigenvalue weighted by Crippen LogP contribution is 1.98. The van der Waals surface area contributed by atoms with Gasteiger partial charge < -0.3 is 4.74 Å². The van der Waals surface area contributed by atoms with Crippen molar-refractivity contribution >= 4 is 28.6 Å². The van der Waals surface area contributed by atoms with Crippen LogP contribution in [0.4, 0.5) is 0 Å². The van der Waals surface area contributed by atoms with Crippen molar-refractivity contribution in [3.63, 3.8) is 0 Å². The van der Waals surface area contributed by atoms with Crippen LogP contribution in [0, 0.1) is 0 Å². The van der Waals surface area contributed by atoms with Gasteiger partial charge in [0.25, 0.3) is 0 Å². The Morgan fingerprint density at radius 2 is 2.27 bits per heavy atom. The van der Waals surface area contributed by atoms with Crippen molar-refractivity contribution in [2.75, 3.05) is 11.5 Å². The highest BCUT2D eigenvalue weighted by atomic mass is 127. The molecule has 3 heteroatoms. The first-order valence-electron chi connectivity index (χ1n) is 3.59. The zero-order valence-corrected chi connectivity index (χ0v) is 8.84. The van der Waals surface area contributed by atoms with Crippen LogP contribution in [0.1, 0.15) is 19.3 Å². The Labute approximate surface area is 81.1 Å². The molecule has 0 aliphatic heterocycles. The number of rotatable bonds is 5. The molecule has 0 fully saturated rings. The molecule has 2 nitrogen and oxygen atoms in total. The molecule has 0 amide bonds. The maximum atomic E-state index is 10.6. The normalized spacial score (nSPS) is 10.4. The maximum Gasteiger partial charge on any atom is 0.305 e. The fourth-order valence-corrected chi connectivity index (χ4v) is 1.01. The Kier molecular flexibility index (Phi) is 8.00. The van der Waals surface area contributed by atoms with E-state index in [-0.39, 0.29) is 5.97 Å². The van der Waals surface area contributed by atoms with Crippen LogP contribution < -0.4 is 0 Å². The van der Waals surface area contributed by atoms with Crippen molar-refractivity contribution in [1.82, 2.24) is 0 Å². The monoisotopic (exact) mass is 268 g/mol. The number of esters is 1. The second kappa shape index (κ2) is 8.04. The van der Waals surface area contributed by atoms with Crippen LogP contribution in [0.5, 0.6) is 0 Å². The van der Waals surface area contributed by atoms with Crippen molar-refractivity contribution in [2.45, 2.75) is 19.3 Å². The molecule has 0 aliphatic rings. The van der Waals surface area contributed by atoms with Gasteiger partial charge in [0.2, 0.25) is 0 Å². The molecular weight excluding hydrogens is 255 g/mol. The molecule has 64 valence electrons. The Bertz CT molecular complexity index is 132. The van der Waals surface area contributed by atoms with E-state index in [4.69, 9.17) is 0 Å². The van der Waals surface area contributed by atoms with E-state index in [1.54, 1.807) is 0 Å². The Hall–Kier alpha value is -0.0600. The summed E-state index contributed by atoms with van der Waals surface area (Å²) in [6, 6.07) is 0. The minimum atomic E-state index is -0.118. The summed E-state index contributed by atoms with van der Waals surface area (Å²) in [4.78, 5) is 10.6. The van der Waals surface area contributed by atoms with Crippen LogP contribution in [-0.2, 0) is 9.53 Å². The van der Waals surface area contributed by atoms with Crippen molar-refractivity contribution in [1.29, 1.82) is 0 Å². The first-order chi connectivity index (χ1) is 5.31. The third kappa shape index (κ3) is 7.84. The number of halogens is 1. The number of carbonyl (C=O) groups excluding carboxylic acids is 1. The van der Waals surface area contributed by atoms with Crippen molar-refractivity contribution in [2.24, 2.45) is 0 Å². The van der Waals surface area contributed by atoms with Gasteiger partial charge in [0, 0.05) is 10.8 Å². The SMILES string of the molecule is COC(=O)CCCC=CCI. The molecule has 0 radical (unpaired) electrons. The van der Waals surface area contributed by atoms with Gasteiger partial charge in [-0.25, -0.2) is 0 Å². The molecule has 0 aromatic carbocycles. The third-order valence-corrected chi connectivity index (χ3v) is 1.74. The van der Waals surface area contributed by atoms with Gasteiger partial charge in [-0.05, 0) is 12.8 Å². The molecule has 0 bridgehead atoms. The first kappa shape index (κ1) is 10.9. The second-order valence-corrected chi connectivity index (χ2v) is 2.97. The zero-order chi connectivity index (χ0) is 8.53. The molecule has 0 aromatic rings. The van der Waals surface area contributed by atoms with Gasteiger partial charge >= 0.3 is 5.97 Å². The molecule has 0 N–H and O–H groups in total. The van der Waals surface area contributed by atoms with Gasteiger partial charge in [-0.1, -0.05) is 34.7 Å². The molecular formula is C8H13IO2.